The summed E-state index contributed by atoms with van der Waals surface area (Å²) >= 11 is 0. The van der Waals surface area contributed by atoms with E-state index in [2.05, 4.69) is 13.8 Å². The lowest BCUT2D eigenvalue weighted by Gasteiger charge is -2.24. The summed E-state index contributed by atoms with van der Waals surface area (Å²) in [5.41, 5.74) is 4.47. The third kappa shape index (κ3) is 5.34. The van der Waals surface area contributed by atoms with Crippen molar-refractivity contribution in [2.75, 3.05) is 6.61 Å². The number of aliphatic hydroxyl groups is 1. The SMILES string of the molecule is CC(C)c1cc(OCc2ccoc2)cc(-c2ccc(F)cc2)c1/C=C/C1C(=O)OCCC1O. The molecule has 0 aliphatic carbocycles. The van der Waals surface area contributed by atoms with Gasteiger partial charge in [0.1, 0.15) is 24.1 Å². The summed E-state index contributed by atoms with van der Waals surface area (Å²) in [6, 6.07) is 12.0. The van der Waals surface area contributed by atoms with Crippen molar-refractivity contribution in [3.63, 3.8) is 0 Å². The molecule has 3 aromatic rings. The fraction of sp³-hybridized carbons (Fsp3) is 0.296. The Morgan fingerprint density at radius 1 is 1.21 bits per heavy atom. The van der Waals surface area contributed by atoms with Gasteiger partial charge < -0.3 is 19.0 Å². The molecule has 33 heavy (non-hydrogen) atoms. The average molecular weight is 451 g/mol. The van der Waals surface area contributed by atoms with Gasteiger partial charge in [-0.25, -0.2) is 4.39 Å². The molecule has 172 valence electrons. The number of halogens is 1. The van der Waals surface area contributed by atoms with Gasteiger partial charge in [0.05, 0.1) is 25.2 Å². The van der Waals surface area contributed by atoms with Crippen LogP contribution in [0.25, 0.3) is 17.2 Å². The number of rotatable bonds is 7. The fourth-order valence-corrected chi connectivity index (χ4v) is 3.92. The molecule has 5 nitrogen and oxygen atoms in total. The van der Waals surface area contributed by atoms with Crippen molar-refractivity contribution in [1.29, 1.82) is 0 Å². The highest BCUT2D eigenvalue weighted by Crippen LogP contribution is 2.36. The molecule has 1 aromatic heterocycles. The van der Waals surface area contributed by atoms with Crippen molar-refractivity contribution in [3.05, 3.63) is 83.6 Å². The molecule has 0 saturated carbocycles. The van der Waals surface area contributed by atoms with E-state index >= 15 is 0 Å². The standard InChI is InChI=1S/C27H27FO5/c1-17(2)24-13-21(33-16-18-9-11-31-15-18)14-25(19-3-5-20(28)6-4-19)22(24)7-8-23-26(29)10-12-32-27(23)30/h3-9,11,13-15,17,23,26,29H,10,12,16H2,1-2H3/b8-7+. The van der Waals surface area contributed by atoms with E-state index in [0.29, 0.717) is 18.8 Å². The molecular formula is C27H27FO5. The van der Waals surface area contributed by atoms with Crippen LogP contribution in [-0.2, 0) is 16.1 Å². The predicted octanol–water partition coefficient (Wildman–Crippen LogP) is 5.73. The second-order valence-electron chi connectivity index (χ2n) is 8.46. The van der Waals surface area contributed by atoms with Crippen LogP contribution in [0.4, 0.5) is 4.39 Å². The van der Waals surface area contributed by atoms with Crippen LogP contribution in [0.1, 0.15) is 42.9 Å². The van der Waals surface area contributed by atoms with Crippen molar-refractivity contribution >= 4 is 12.0 Å². The number of carbonyl (C=O) groups is 1. The van der Waals surface area contributed by atoms with Crippen molar-refractivity contribution in [1.82, 2.24) is 0 Å². The Hall–Kier alpha value is -3.38. The van der Waals surface area contributed by atoms with Gasteiger partial charge >= 0.3 is 5.97 Å². The van der Waals surface area contributed by atoms with Crippen LogP contribution in [0.5, 0.6) is 5.75 Å². The van der Waals surface area contributed by atoms with Crippen molar-refractivity contribution in [2.45, 2.75) is 38.9 Å². The molecule has 0 amide bonds. The fourth-order valence-electron chi connectivity index (χ4n) is 3.92. The van der Waals surface area contributed by atoms with Crippen LogP contribution in [0.15, 0.2) is 65.5 Å². The van der Waals surface area contributed by atoms with E-state index in [1.807, 2.05) is 24.3 Å². The number of benzene rings is 2. The Balaban J connectivity index is 1.77. The highest BCUT2D eigenvalue weighted by molar-refractivity contribution is 5.82. The topological polar surface area (TPSA) is 68.9 Å². The molecule has 0 spiro atoms. The van der Waals surface area contributed by atoms with Crippen LogP contribution < -0.4 is 4.74 Å². The first-order valence-electron chi connectivity index (χ1n) is 11.0. The quantitative estimate of drug-likeness (QED) is 0.466. The molecule has 4 rings (SSSR count). The summed E-state index contributed by atoms with van der Waals surface area (Å²) < 4.78 is 29.9. The van der Waals surface area contributed by atoms with Crippen LogP contribution in [-0.4, -0.2) is 23.8 Å². The molecule has 2 heterocycles. The number of esters is 1. The Morgan fingerprint density at radius 2 is 2.00 bits per heavy atom. The molecular weight excluding hydrogens is 423 g/mol. The Labute approximate surface area is 192 Å². The summed E-state index contributed by atoms with van der Waals surface area (Å²) in [7, 11) is 0. The molecule has 2 unspecified atom stereocenters. The molecule has 2 atom stereocenters. The van der Waals surface area contributed by atoms with Gasteiger partial charge in [-0.1, -0.05) is 38.1 Å². The van der Waals surface area contributed by atoms with Gasteiger partial charge in [0, 0.05) is 12.0 Å². The lowest BCUT2D eigenvalue weighted by Crippen LogP contribution is -2.34. The van der Waals surface area contributed by atoms with E-state index in [0.717, 1.165) is 27.8 Å². The van der Waals surface area contributed by atoms with Crippen LogP contribution in [0, 0.1) is 11.7 Å². The van der Waals surface area contributed by atoms with Gasteiger partial charge in [0.15, 0.2) is 0 Å². The van der Waals surface area contributed by atoms with Gasteiger partial charge in [-0.2, -0.15) is 0 Å². The minimum Gasteiger partial charge on any atom is -0.489 e. The van der Waals surface area contributed by atoms with Crippen molar-refractivity contribution in [2.24, 2.45) is 5.92 Å². The van der Waals surface area contributed by atoms with E-state index in [-0.39, 0.29) is 18.3 Å². The normalized spacial score (nSPS) is 18.6. The molecule has 1 saturated heterocycles. The molecule has 0 radical (unpaired) electrons. The summed E-state index contributed by atoms with van der Waals surface area (Å²) in [5, 5.41) is 10.3. The molecule has 0 bridgehead atoms. The number of carbonyl (C=O) groups excluding carboxylic acids is 1. The first kappa shape index (κ1) is 22.8. The minimum absolute atomic E-state index is 0.143. The summed E-state index contributed by atoms with van der Waals surface area (Å²) in [6.07, 6.45) is 6.41. The van der Waals surface area contributed by atoms with E-state index in [1.54, 1.807) is 30.7 Å². The lowest BCUT2D eigenvalue weighted by atomic mass is 9.88. The maximum Gasteiger partial charge on any atom is 0.315 e. The van der Waals surface area contributed by atoms with Crippen LogP contribution >= 0.6 is 0 Å². The third-order valence-electron chi connectivity index (χ3n) is 5.76. The number of hydrogen-bond acceptors (Lipinski definition) is 5. The zero-order valence-corrected chi connectivity index (χ0v) is 18.7. The summed E-state index contributed by atoms with van der Waals surface area (Å²) in [6.45, 7) is 4.73. The van der Waals surface area contributed by atoms with Gasteiger partial charge in [-0.15, -0.1) is 0 Å². The number of aliphatic hydroxyl groups excluding tert-OH is 1. The minimum atomic E-state index is -0.781. The Morgan fingerprint density at radius 3 is 2.67 bits per heavy atom. The number of ether oxygens (including phenoxy) is 2. The molecule has 2 aromatic carbocycles. The largest absolute Gasteiger partial charge is 0.489 e. The summed E-state index contributed by atoms with van der Waals surface area (Å²) in [4.78, 5) is 12.2. The number of cyclic esters (lactones) is 1. The van der Waals surface area contributed by atoms with Crippen LogP contribution in [0.3, 0.4) is 0 Å². The molecule has 1 fully saturated rings. The molecule has 1 N–H and O–H groups in total. The van der Waals surface area contributed by atoms with Crippen molar-refractivity contribution < 1.29 is 28.2 Å². The highest BCUT2D eigenvalue weighted by Gasteiger charge is 2.30. The predicted molar refractivity (Wildman–Crippen MR) is 123 cm³/mol. The monoisotopic (exact) mass is 450 g/mol. The van der Waals surface area contributed by atoms with Crippen molar-refractivity contribution in [3.8, 4) is 16.9 Å². The lowest BCUT2D eigenvalue weighted by molar-refractivity contribution is -0.157. The second kappa shape index (κ2) is 10.0. The second-order valence-corrected chi connectivity index (χ2v) is 8.46. The number of furan rings is 1. The van der Waals surface area contributed by atoms with Gasteiger partial charge in [-0.3, -0.25) is 4.79 Å². The maximum atomic E-state index is 13.6. The van der Waals surface area contributed by atoms with E-state index < -0.39 is 18.0 Å². The molecule has 1 aliphatic rings. The highest BCUT2D eigenvalue weighted by atomic mass is 19.1. The molecule has 6 heteroatoms. The van der Waals surface area contributed by atoms with Gasteiger partial charge in [-0.05, 0) is 58.5 Å². The maximum absolute atomic E-state index is 13.6. The van der Waals surface area contributed by atoms with Crippen LogP contribution in [0.2, 0.25) is 0 Å². The number of hydrogen-bond donors (Lipinski definition) is 1. The zero-order chi connectivity index (χ0) is 23.4. The van der Waals surface area contributed by atoms with E-state index in [1.165, 1.54) is 12.1 Å². The van der Waals surface area contributed by atoms with Gasteiger partial charge in [0.2, 0.25) is 0 Å². The smallest absolute Gasteiger partial charge is 0.315 e. The Bertz CT molecular complexity index is 1120. The first-order chi connectivity index (χ1) is 15.9. The average Bonchev–Trinajstić information content (AvgIpc) is 3.31. The Kier molecular flexibility index (Phi) is 6.94. The summed E-state index contributed by atoms with van der Waals surface area (Å²) in [5.74, 6) is -0.658. The van der Waals surface area contributed by atoms with E-state index in [9.17, 15) is 14.3 Å². The van der Waals surface area contributed by atoms with E-state index in [4.69, 9.17) is 13.9 Å². The third-order valence-corrected chi connectivity index (χ3v) is 5.76. The first-order valence-corrected chi connectivity index (χ1v) is 11.0. The zero-order valence-electron chi connectivity index (χ0n) is 18.7. The molecule has 1 aliphatic heterocycles. The van der Waals surface area contributed by atoms with Gasteiger partial charge in [0.25, 0.3) is 0 Å².